The second kappa shape index (κ2) is 7.29. The van der Waals surface area contributed by atoms with Gasteiger partial charge in [0.1, 0.15) is 12.4 Å². The number of hydrogen-bond acceptors (Lipinski definition) is 3. The number of para-hydroxylation sites is 3. The first kappa shape index (κ1) is 19.4. The van der Waals surface area contributed by atoms with E-state index >= 15 is 0 Å². The van der Waals surface area contributed by atoms with Crippen molar-refractivity contribution in [1.29, 1.82) is 0 Å². The summed E-state index contributed by atoms with van der Waals surface area (Å²) < 4.78 is 5.93. The van der Waals surface area contributed by atoms with E-state index < -0.39 is 5.60 Å². The van der Waals surface area contributed by atoms with Gasteiger partial charge in [0, 0.05) is 27.7 Å². The number of nitrogens with zero attached hydrogens (tertiary/aromatic N) is 1. The predicted octanol–water partition coefficient (Wildman–Crippen LogP) is 4.45. The molecule has 1 atom stereocenters. The number of aromatic amines is 1. The molecule has 1 aromatic heterocycles. The molecule has 1 aliphatic heterocycles. The van der Waals surface area contributed by atoms with Crippen LogP contribution in [-0.2, 0) is 10.4 Å². The lowest BCUT2D eigenvalue weighted by Gasteiger charge is -2.24. The first-order valence-corrected chi connectivity index (χ1v) is 10.4. The second-order valence-electron chi connectivity index (χ2n) is 7.97. The van der Waals surface area contributed by atoms with Gasteiger partial charge in [0.2, 0.25) is 0 Å². The normalized spacial score (nSPS) is 17.9. The van der Waals surface area contributed by atoms with Crippen molar-refractivity contribution in [3.63, 3.8) is 0 Å². The zero-order valence-corrected chi connectivity index (χ0v) is 17.6. The van der Waals surface area contributed by atoms with Crippen molar-refractivity contribution < 1.29 is 14.6 Å². The molecule has 0 fully saturated rings. The molecule has 5 rings (SSSR count). The van der Waals surface area contributed by atoms with Gasteiger partial charge >= 0.3 is 0 Å². The first-order valence-electron chi connectivity index (χ1n) is 10.4. The SMILES string of the molecule is Cc1ccccc1OCCN1C(=O)[C@@](O)(c2c(C)[nH]c3ccccc23)c2ccccc21. The van der Waals surface area contributed by atoms with E-state index in [-0.39, 0.29) is 5.91 Å². The summed E-state index contributed by atoms with van der Waals surface area (Å²) in [6, 6.07) is 23.0. The third kappa shape index (κ3) is 2.93. The van der Waals surface area contributed by atoms with Crippen LogP contribution in [0.1, 0.15) is 22.4 Å². The number of rotatable bonds is 5. The van der Waals surface area contributed by atoms with Crippen molar-refractivity contribution in [2.45, 2.75) is 19.4 Å². The molecule has 0 bridgehead atoms. The summed E-state index contributed by atoms with van der Waals surface area (Å²) in [6.45, 7) is 4.55. The molecule has 0 saturated carbocycles. The van der Waals surface area contributed by atoms with Crippen molar-refractivity contribution in [1.82, 2.24) is 4.98 Å². The molecule has 0 spiro atoms. The Balaban J connectivity index is 1.52. The Kier molecular flexibility index (Phi) is 4.56. The molecule has 2 heterocycles. The summed E-state index contributed by atoms with van der Waals surface area (Å²) in [5.41, 5.74) is 2.91. The van der Waals surface area contributed by atoms with Gasteiger partial charge in [-0.2, -0.15) is 0 Å². The fourth-order valence-corrected chi connectivity index (χ4v) is 4.61. The lowest BCUT2D eigenvalue weighted by Crippen LogP contribution is -2.43. The molecule has 31 heavy (non-hydrogen) atoms. The Morgan fingerprint density at radius 3 is 2.52 bits per heavy atom. The number of carbonyl (C=O) groups is 1. The number of hydrogen-bond donors (Lipinski definition) is 2. The van der Waals surface area contributed by atoms with Crippen LogP contribution >= 0.6 is 0 Å². The highest BCUT2D eigenvalue weighted by Gasteiger charge is 2.52. The van der Waals surface area contributed by atoms with Gasteiger partial charge in [-0.1, -0.05) is 54.6 Å². The van der Waals surface area contributed by atoms with Gasteiger partial charge in [-0.3, -0.25) is 4.79 Å². The Morgan fingerprint density at radius 2 is 1.68 bits per heavy atom. The third-order valence-electron chi connectivity index (χ3n) is 6.06. The Labute approximate surface area is 180 Å². The van der Waals surface area contributed by atoms with Gasteiger partial charge in [0.15, 0.2) is 5.60 Å². The Morgan fingerprint density at radius 1 is 0.968 bits per heavy atom. The highest BCUT2D eigenvalue weighted by Crippen LogP contribution is 2.47. The molecule has 2 N–H and O–H groups in total. The number of nitrogens with one attached hydrogen (secondary N) is 1. The van der Waals surface area contributed by atoms with Crippen LogP contribution in [0.2, 0.25) is 0 Å². The molecule has 1 aliphatic rings. The van der Waals surface area contributed by atoms with E-state index in [2.05, 4.69) is 4.98 Å². The van der Waals surface area contributed by atoms with Crippen molar-refractivity contribution in [3.05, 3.63) is 95.2 Å². The number of aliphatic hydroxyl groups is 1. The average Bonchev–Trinajstić information content (AvgIpc) is 3.22. The zero-order valence-electron chi connectivity index (χ0n) is 17.6. The minimum absolute atomic E-state index is 0.327. The highest BCUT2D eigenvalue weighted by molar-refractivity contribution is 6.11. The number of benzene rings is 3. The molecule has 1 amide bonds. The number of fused-ring (bicyclic) bond motifs is 2. The lowest BCUT2D eigenvalue weighted by molar-refractivity contribution is -0.132. The standard InChI is InChI=1S/C26H24N2O3/c1-17-9-3-8-14-23(17)31-16-15-28-22-13-7-5-11-20(22)26(30,25(28)29)24-18(2)27-21-12-6-4-10-19(21)24/h3-14,27,30H,15-16H2,1-2H3/t26-/m0/s1. The number of carbonyl (C=O) groups excluding carboxylic acids is 1. The minimum atomic E-state index is -1.75. The van der Waals surface area contributed by atoms with Crippen LogP contribution in [0.5, 0.6) is 5.75 Å². The summed E-state index contributed by atoms with van der Waals surface area (Å²) in [4.78, 5) is 18.6. The monoisotopic (exact) mass is 412 g/mol. The van der Waals surface area contributed by atoms with Gasteiger partial charge in [-0.15, -0.1) is 0 Å². The van der Waals surface area contributed by atoms with Crippen LogP contribution in [0, 0.1) is 13.8 Å². The van der Waals surface area contributed by atoms with Crippen molar-refractivity contribution in [2.24, 2.45) is 0 Å². The van der Waals surface area contributed by atoms with Crippen LogP contribution in [0.25, 0.3) is 10.9 Å². The van der Waals surface area contributed by atoms with E-state index in [0.717, 1.165) is 27.9 Å². The van der Waals surface area contributed by atoms with E-state index in [0.29, 0.717) is 30.0 Å². The lowest BCUT2D eigenvalue weighted by atomic mass is 9.85. The smallest absolute Gasteiger partial charge is 0.268 e. The maximum absolute atomic E-state index is 13.7. The minimum Gasteiger partial charge on any atom is -0.491 e. The average molecular weight is 412 g/mol. The van der Waals surface area contributed by atoms with Crippen molar-refractivity contribution in [2.75, 3.05) is 18.1 Å². The molecular weight excluding hydrogens is 388 g/mol. The largest absolute Gasteiger partial charge is 0.491 e. The zero-order chi connectivity index (χ0) is 21.6. The maximum atomic E-state index is 13.7. The van der Waals surface area contributed by atoms with E-state index in [1.807, 2.05) is 86.6 Å². The quantitative estimate of drug-likeness (QED) is 0.509. The van der Waals surface area contributed by atoms with E-state index in [1.54, 1.807) is 4.90 Å². The number of H-pyrrole nitrogens is 1. The highest BCUT2D eigenvalue weighted by atomic mass is 16.5. The van der Waals surface area contributed by atoms with Gasteiger partial charge in [0.05, 0.1) is 12.2 Å². The Hall–Kier alpha value is -3.57. The van der Waals surface area contributed by atoms with Crippen LogP contribution < -0.4 is 9.64 Å². The molecule has 0 aliphatic carbocycles. The van der Waals surface area contributed by atoms with Gasteiger partial charge in [0.25, 0.3) is 5.91 Å². The fraction of sp³-hybridized carbons (Fsp3) is 0.192. The van der Waals surface area contributed by atoms with Crippen molar-refractivity contribution in [3.8, 4) is 5.75 Å². The van der Waals surface area contributed by atoms with Crippen LogP contribution in [0.15, 0.2) is 72.8 Å². The summed E-state index contributed by atoms with van der Waals surface area (Å²) >= 11 is 0. The second-order valence-corrected chi connectivity index (χ2v) is 7.97. The number of ether oxygens (including phenoxy) is 1. The Bertz CT molecular complexity index is 1290. The summed E-state index contributed by atoms with van der Waals surface area (Å²) in [5, 5.41) is 12.8. The summed E-state index contributed by atoms with van der Waals surface area (Å²) in [5.74, 6) is 0.445. The molecule has 0 saturated heterocycles. The molecule has 156 valence electrons. The number of amides is 1. The van der Waals surface area contributed by atoms with Crippen LogP contribution in [0.4, 0.5) is 5.69 Å². The number of aromatic nitrogens is 1. The fourth-order valence-electron chi connectivity index (χ4n) is 4.61. The third-order valence-corrected chi connectivity index (χ3v) is 6.06. The summed E-state index contributed by atoms with van der Waals surface area (Å²) in [7, 11) is 0. The van der Waals surface area contributed by atoms with Gasteiger partial charge in [-0.25, -0.2) is 0 Å². The topological polar surface area (TPSA) is 65.6 Å². The molecule has 5 heteroatoms. The van der Waals surface area contributed by atoms with E-state index in [4.69, 9.17) is 4.74 Å². The molecular formula is C26H24N2O3. The molecule has 0 radical (unpaired) electrons. The predicted molar refractivity (Wildman–Crippen MR) is 122 cm³/mol. The van der Waals surface area contributed by atoms with E-state index in [1.165, 1.54) is 0 Å². The molecule has 0 unspecified atom stereocenters. The number of aryl methyl sites for hydroxylation is 2. The summed E-state index contributed by atoms with van der Waals surface area (Å²) in [6.07, 6.45) is 0. The first-order chi connectivity index (χ1) is 15.0. The molecule has 4 aromatic rings. The van der Waals surface area contributed by atoms with E-state index in [9.17, 15) is 9.90 Å². The van der Waals surface area contributed by atoms with Crippen LogP contribution in [-0.4, -0.2) is 29.1 Å². The maximum Gasteiger partial charge on any atom is 0.268 e. The van der Waals surface area contributed by atoms with Gasteiger partial charge in [-0.05, 0) is 37.6 Å². The van der Waals surface area contributed by atoms with Crippen LogP contribution in [0.3, 0.4) is 0 Å². The number of anilines is 1. The molecule has 5 nitrogen and oxygen atoms in total. The van der Waals surface area contributed by atoms with Gasteiger partial charge < -0.3 is 19.7 Å². The molecule has 3 aromatic carbocycles. The van der Waals surface area contributed by atoms with Crippen molar-refractivity contribution >= 4 is 22.5 Å².